The van der Waals surface area contributed by atoms with Crippen LogP contribution in [0.4, 0.5) is 10.2 Å². The summed E-state index contributed by atoms with van der Waals surface area (Å²) in [4.78, 5) is 4.51. The van der Waals surface area contributed by atoms with Crippen molar-refractivity contribution in [1.29, 1.82) is 0 Å². The van der Waals surface area contributed by atoms with Crippen LogP contribution in [0.5, 0.6) is 0 Å². The number of benzene rings is 1. The fourth-order valence-corrected chi connectivity index (χ4v) is 3.06. The van der Waals surface area contributed by atoms with E-state index in [1.165, 1.54) is 6.07 Å². The molecule has 6 nitrogen and oxygen atoms in total. The van der Waals surface area contributed by atoms with E-state index in [2.05, 4.69) is 15.4 Å². The molecule has 1 aliphatic rings. The smallest absolute Gasteiger partial charge is 0.157 e. The second-order valence-corrected chi connectivity index (χ2v) is 5.89. The van der Waals surface area contributed by atoms with Gasteiger partial charge in [0.05, 0.1) is 31.1 Å². The van der Waals surface area contributed by atoms with Gasteiger partial charge in [-0.3, -0.25) is 0 Å². The molecule has 1 saturated heterocycles. The van der Waals surface area contributed by atoms with E-state index in [1.807, 2.05) is 6.92 Å². The number of hydrogen-bond donors (Lipinski definition) is 1. The molecule has 25 heavy (non-hydrogen) atoms. The van der Waals surface area contributed by atoms with Crippen molar-refractivity contribution < 1.29 is 13.9 Å². The van der Waals surface area contributed by atoms with Crippen molar-refractivity contribution >= 4 is 11.5 Å². The molecule has 2 unspecified atom stereocenters. The topological polar surface area (TPSA) is 60.7 Å². The lowest BCUT2D eigenvalue weighted by Crippen LogP contribution is -2.35. The highest BCUT2D eigenvalue weighted by Gasteiger charge is 2.29. The third-order valence-electron chi connectivity index (χ3n) is 4.25. The van der Waals surface area contributed by atoms with Crippen molar-refractivity contribution in [3.8, 4) is 11.3 Å². The van der Waals surface area contributed by atoms with Gasteiger partial charge in [-0.25, -0.2) is 9.37 Å². The average molecular weight is 342 g/mol. The summed E-state index contributed by atoms with van der Waals surface area (Å²) in [6, 6.07) is 10.2. The molecule has 2 atom stereocenters. The van der Waals surface area contributed by atoms with Crippen molar-refractivity contribution in [2.75, 3.05) is 25.1 Å². The third kappa shape index (κ3) is 3.08. The van der Waals surface area contributed by atoms with Crippen molar-refractivity contribution in [3.05, 3.63) is 48.4 Å². The van der Waals surface area contributed by atoms with Gasteiger partial charge in [0.25, 0.3) is 0 Å². The second-order valence-electron chi connectivity index (χ2n) is 5.89. The highest BCUT2D eigenvalue weighted by molar-refractivity contribution is 5.67. The van der Waals surface area contributed by atoms with Crippen molar-refractivity contribution in [2.45, 2.75) is 19.1 Å². The van der Waals surface area contributed by atoms with Crippen LogP contribution < -0.4 is 5.32 Å². The Balaban J connectivity index is 1.73. The zero-order valence-electron chi connectivity index (χ0n) is 13.9. The number of anilines is 1. The van der Waals surface area contributed by atoms with E-state index in [0.29, 0.717) is 36.7 Å². The summed E-state index contributed by atoms with van der Waals surface area (Å²) in [6.07, 6.45) is 1.64. The monoisotopic (exact) mass is 342 g/mol. The van der Waals surface area contributed by atoms with Crippen LogP contribution in [0.15, 0.2) is 42.6 Å². The highest BCUT2D eigenvalue weighted by atomic mass is 19.1. The standard InChI is InChI=1S/C18H19FN4O2/c1-2-25-16-11-24-10-15(16)22-18-9-14(12-5-3-4-6-13(12)19)21-17-7-8-20-23(17)18/h3-9,15-16,22H,2,10-11H2,1H3. The maximum Gasteiger partial charge on any atom is 0.157 e. The molecular weight excluding hydrogens is 323 g/mol. The highest BCUT2D eigenvalue weighted by Crippen LogP contribution is 2.26. The van der Waals surface area contributed by atoms with E-state index in [0.717, 1.165) is 5.82 Å². The Hall–Kier alpha value is -2.51. The van der Waals surface area contributed by atoms with Crippen LogP contribution >= 0.6 is 0 Å². The van der Waals surface area contributed by atoms with Gasteiger partial charge < -0.3 is 14.8 Å². The Morgan fingerprint density at radius 1 is 1.32 bits per heavy atom. The molecule has 0 aliphatic carbocycles. The predicted octanol–water partition coefficient (Wildman–Crippen LogP) is 2.75. The average Bonchev–Trinajstić information content (AvgIpc) is 3.25. The van der Waals surface area contributed by atoms with Crippen LogP contribution in [-0.2, 0) is 9.47 Å². The summed E-state index contributed by atoms with van der Waals surface area (Å²) in [7, 11) is 0. The molecule has 7 heteroatoms. The maximum absolute atomic E-state index is 14.2. The summed E-state index contributed by atoms with van der Waals surface area (Å²) < 4.78 is 27.1. The number of halogens is 1. The normalized spacial score (nSPS) is 20.2. The van der Waals surface area contributed by atoms with E-state index >= 15 is 0 Å². The van der Waals surface area contributed by atoms with Crippen LogP contribution in [0.2, 0.25) is 0 Å². The lowest BCUT2D eigenvalue weighted by atomic mass is 10.1. The van der Waals surface area contributed by atoms with Gasteiger partial charge in [-0.2, -0.15) is 9.61 Å². The van der Waals surface area contributed by atoms with E-state index in [9.17, 15) is 4.39 Å². The molecular formula is C18H19FN4O2. The van der Waals surface area contributed by atoms with Crippen LogP contribution in [0.25, 0.3) is 16.9 Å². The molecule has 3 heterocycles. The molecule has 4 rings (SSSR count). The number of rotatable bonds is 5. The van der Waals surface area contributed by atoms with Crippen molar-refractivity contribution in [1.82, 2.24) is 14.6 Å². The molecule has 1 aliphatic heterocycles. The number of hydrogen-bond acceptors (Lipinski definition) is 5. The summed E-state index contributed by atoms with van der Waals surface area (Å²) in [5.41, 5.74) is 1.66. The molecule has 0 bridgehead atoms. The first-order chi connectivity index (χ1) is 12.3. The summed E-state index contributed by atoms with van der Waals surface area (Å²) in [5, 5.41) is 7.73. The minimum atomic E-state index is -0.304. The Morgan fingerprint density at radius 3 is 3.04 bits per heavy atom. The Bertz CT molecular complexity index is 882. The van der Waals surface area contributed by atoms with Gasteiger partial charge in [0.15, 0.2) is 5.65 Å². The van der Waals surface area contributed by atoms with Crippen LogP contribution in [0.3, 0.4) is 0 Å². The van der Waals surface area contributed by atoms with Crippen molar-refractivity contribution in [2.24, 2.45) is 0 Å². The van der Waals surface area contributed by atoms with Crippen molar-refractivity contribution in [3.63, 3.8) is 0 Å². The van der Waals surface area contributed by atoms with Crippen LogP contribution in [0.1, 0.15) is 6.92 Å². The molecule has 130 valence electrons. The number of fused-ring (bicyclic) bond motifs is 1. The molecule has 0 amide bonds. The summed E-state index contributed by atoms with van der Waals surface area (Å²) in [5.74, 6) is 0.426. The SMILES string of the molecule is CCOC1COCC1Nc1cc(-c2ccccc2F)nc2ccnn12. The Kier molecular flexibility index (Phi) is 4.33. The quantitative estimate of drug-likeness (QED) is 0.773. The Morgan fingerprint density at radius 2 is 2.20 bits per heavy atom. The van der Waals surface area contributed by atoms with E-state index < -0.39 is 0 Å². The first-order valence-electron chi connectivity index (χ1n) is 8.32. The van der Waals surface area contributed by atoms with Gasteiger partial charge in [-0.05, 0) is 19.1 Å². The van der Waals surface area contributed by atoms with Gasteiger partial charge in [-0.15, -0.1) is 0 Å². The third-order valence-corrected chi connectivity index (χ3v) is 4.25. The van der Waals surface area contributed by atoms with E-state index in [4.69, 9.17) is 9.47 Å². The van der Waals surface area contributed by atoms with Gasteiger partial charge in [0, 0.05) is 24.3 Å². The zero-order valence-corrected chi connectivity index (χ0v) is 13.9. The fourth-order valence-electron chi connectivity index (χ4n) is 3.06. The molecule has 0 spiro atoms. The lowest BCUT2D eigenvalue weighted by Gasteiger charge is -2.20. The number of nitrogens with zero attached hydrogens (tertiary/aromatic N) is 3. The number of ether oxygens (including phenoxy) is 2. The maximum atomic E-state index is 14.2. The van der Waals surface area contributed by atoms with Gasteiger partial charge in [0.2, 0.25) is 0 Å². The summed E-state index contributed by atoms with van der Waals surface area (Å²) in [6.45, 7) is 3.69. The number of nitrogens with one attached hydrogen (secondary N) is 1. The first kappa shape index (κ1) is 16.0. The van der Waals surface area contributed by atoms with E-state index in [-0.39, 0.29) is 18.0 Å². The van der Waals surface area contributed by atoms with Gasteiger partial charge >= 0.3 is 0 Å². The van der Waals surface area contributed by atoms with Crippen LogP contribution in [0, 0.1) is 5.82 Å². The predicted molar refractivity (Wildman–Crippen MR) is 92.0 cm³/mol. The molecule has 2 aromatic heterocycles. The van der Waals surface area contributed by atoms with Gasteiger partial charge in [0.1, 0.15) is 17.7 Å². The number of aromatic nitrogens is 3. The Labute approximate surface area is 144 Å². The minimum Gasteiger partial charge on any atom is -0.376 e. The fraction of sp³-hybridized carbons (Fsp3) is 0.333. The largest absolute Gasteiger partial charge is 0.376 e. The lowest BCUT2D eigenvalue weighted by molar-refractivity contribution is 0.0478. The molecule has 3 aromatic rings. The zero-order chi connectivity index (χ0) is 17.2. The molecule has 1 N–H and O–H groups in total. The van der Waals surface area contributed by atoms with Gasteiger partial charge in [-0.1, -0.05) is 12.1 Å². The first-order valence-corrected chi connectivity index (χ1v) is 8.32. The van der Waals surface area contributed by atoms with E-state index in [1.54, 1.807) is 41.0 Å². The second kappa shape index (κ2) is 6.78. The minimum absolute atomic E-state index is 0.00298. The molecule has 0 radical (unpaired) electrons. The summed E-state index contributed by atoms with van der Waals surface area (Å²) >= 11 is 0. The molecule has 0 saturated carbocycles. The van der Waals surface area contributed by atoms with Crippen LogP contribution in [-0.4, -0.2) is 46.6 Å². The molecule has 1 aromatic carbocycles. The molecule has 1 fully saturated rings.